The first kappa shape index (κ1) is 10.2. The summed E-state index contributed by atoms with van der Waals surface area (Å²) in [6.07, 6.45) is 2.09. The van der Waals surface area contributed by atoms with Gasteiger partial charge >= 0.3 is 0 Å². The van der Waals surface area contributed by atoms with Gasteiger partial charge in [0.1, 0.15) is 0 Å². The van der Waals surface area contributed by atoms with E-state index in [1.165, 1.54) is 22.0 Å². The summed E-state index contributed by atoms with van der Waals surface area (Å²) in [4.78, 5) is 3.33. The molecule has 2 heteroatoms. The van der Waals surface area contributed by atoms with E-state index < -0.39 is 0 Å². The molecule has 0 saturated carbocycles. The molecule has 2 N–H and O–H groups in total. The lowest BCUT2D eigenvalue weighted by atomic mass is 10.0. The largest absolute Gasteiger partial charge is 0.361 e. The van der Waals surface area contributed by atoms with E-state index in [0.717, 1.165) is 6.54 Å². The molecule has 0 aliphatic rings. The van der Waals surface area contributed by atoms with Crippen molar-refractivity contribution < 1.29 is 0 Å². The van der Waals surface area contributed by atoms with Crippen LogP contribution in [-0.4, -0.2) is 12.0 Å². The predicted octanol–water partition coefficient (Wildman–Crippen LogP) is 3.01. The number of benzene rings is 1. The maximum absolute atomic E-state index is 3.33. The van der Waals surface area contributed by atoms with Crippen LogP contribution in [0.5, 0.6) is 0 Å². The maximum atomic E-state index is 3.33. The third-order valence-electron chi connectivity index (χ3n) is 2.83. The van der Waals surface area contributed by atoms with E-state index in [4.69, 9.17) is 0 Å². The Morgan fingerprint density at radius 1 is 1.33 bits per heavy atom. The summed E-state index contributed by atoms with van der Waals surface area (Å²) < 4.78 is 0. The van der Waals surface area contributed by atoms with Crippen LogP contribution in [-0.2, 0) is 6.54 Å². The van der Waals surface area contributed by atoms with Gasteiger partial charge in [-0.1, -0.05) is 26.0 Å². The van der Waals surface area contributed by atoms with Crippen molar-refractivity contribution in [2.75, 3.05) is 7.05 Å². The molecule has 0 radical (unpaired) electrons. The average Bonchev–Trinajstić information content (AvgIpc) is 2.61. The summed E-state index contributed by atoms with van der Waals surface area (Å²) >= 11 is 0. The number of aromatic nitrogens is 1. The van der Waals surface area contributed by atoms with Crippen molar-refractivity contribution in [3.05, 3.63) is 35.5 Å². The van der Waals surface area contributed by atoms with Gasteiger partial charge in [0, 0.05) is 23.6 Å². The second-order valence-corrected chi connectivity index (χ2v) is 4.30. The third-order valence-corrected chi connectivity index (χ3v) is 2.83. The fourth-order valence-corrected chi connectivity index (χ4v) is 1.90. The monoisotopic (exact) mass is 202 g/mol. The van der Waals surface area contributed by atoms with Gasteiger partial charge in [0.15, 0.2) is 0 Å². The Labute approximate surface area is 90.7 Å². The van der Waals surface area contributed by atoms with Crippen molar-refractivity contribution in [1.82, 2.24) is 10.3 Å². The Bertz CT molecular complexity index is 455. The van der Waals surface area contributed by atoms with E-state index in [0.29, 0.717) is 5.92 Å². The van der Waals surface area contributed by atoms with Crippen LogP contribution in [0.4, 0.5) is 0 Å². The minimum Gasteiger partial charge on any atom is -0.361 e. The highest BCUT2D eigenvalue weighted by atomic mass is 14.8. The highest BCUT2D eigenvalue weighted by molar-refractivity contribution is 5.83. The molecule has 80 valence electrons. The Kier molecular flexibility index (Phi) is 2.78. The number of rotatable bonds is 3. The first-order valence-electron chi connectivity index (χ1n) is 5.47. The summed E-state index contributed by atoms with van der Waals surface area (Å²) in [6, 6.07) is 6.69. The van der Waals surface area contributed by atoms with Gasteiger partial charge in [0.25, 0.3) is 0 Å². The molecular formula is C13H18N2. The van der Waals surface area contributed by atoms with E-state index in [1.54, 1.807) is 0 Å². The predicted molar refractivity (Wildman–Crippen MR) is 65.2 cm³/mol. The molecule has 0 atom stereocenters. The van der Waals surface area contributed by atoms with E-state index >= 15 is 0 Å². The summed E-state index contributed by atoms with van der Waals surface area (Å²) in [5.41, 5.74) is 3.97. The lowest BCUT2D eigenvalue weighted by molar-refractivity contribution is 0.823. The smallest absolute Gasteiger partial charge is 0.0460 e. The molecule has 0 saturated heterocycles. The van der Waals surface area contributed by atoms with Crippen LogP contribution >= 0.6 is 0 Å². The molecule has 1 heterocycles. The second kappa shape index (κ2) is 4.07. The van der Waals surface area contributed by atoms with Crippen molar-refractivity contribution in [1.29, 1.82) is 0 Å². The van der Waals surface area contributed by atoms with Crippen molar-refractivity contribution in [2.24, 2.45) is 0 Å². The molecule has 0 amide bonds. The molecule has 1 aromatic heterocycles. The summed E-state index contributed by atoms with van der Waals surface area (Å²) in [6.45, 7) is 5.36. The molecule has 0 fully saturated rings. The van der Waals surface area contributed by atoms with Crippen molar-refractivity contribution in [3.8, 4) is 0 Å². The Hall–Kier alpha value is -1.28. The molecule has 0 aliphatic heterocycles. The lowest BCUT2D eigenvalue weighted by Crippen LogP contribution is -2.03. The van der Waals surface area contributed by atoms with E-state index in [-0.39, 0.29) is 0 Å². The SMILES string of the molecule is CNCc1c[nH]c2cc(C(C)C)ccc12. The standard InChI is InChI=1S/C13H18N2/c1-9(2)10-4-5-12-11(7-14-3)8-15-13(12)6-10/h4-6,8-9,14-15H,7H2,1-3H3. The van der Waals surface area contributed by atoms with Crippen LogP contribution < -0.4 is 5.32 Å². The number of H-pyrrole nitrogens is 1. The van der Waals surface area contributed by atoms with Gasteiger partial charge in [-0.3, -0.25) is 0 Å². The van der Waals surface area contributed by atoms with Crippen LogP contribution in [0.2, 0.25) is 0 Å². The fraction of sp³-hybridized carbons (Fsp3) is 0.385. The maximum Gasteiger partial charge on any atom is 0.0460 e. The minimum absolute atomic E-state index is 0.588. The van der Waals surface area contributed by atoms with E-state index in [9.17, 15) is 0 Å². The van der Waals surface area contributed by atoms with Gasteiger partial charge in [0.2, 0.25) is 0 Å². The minimum atomic E-state index is 0.588. The van der Waals surface area contributed by atoms with Gasteiger partial charge in [-0.25, -0.2) is 0 Å². The van der Waals surface area contributed by atoms with Crippen LogP contribution in [0.3, 0.4) is 0 Å². The summed E-state index contributed by atoms with van der Waals surface area (Å²) in [7, 11) is 1.97. The molecular weight excluding hydrogens is 184 g/mol. The molecule has 1 aromatic carbocycles. The zero-order chi connectivity index (χ0) is 10.8. The van der Waals surface area contributed by atoms with Crippen LogP contribution in [0, 0.1) is 0 Å². The van der Waals surface area contributed by atoms with Crippen LogP contribution in [0.25, 0.3) is 10.9 Å². The lowest BCUT2D eigenvalue weighted by Gasteiger charge is -2.05. The van der Waals surface area contributed by atoms with Crippen molar-refractivity contribution in [2.45, 2.75) is 26.3 Å². The highest BCUT2D eigenvalue weighted by Crippen LogP contribution is 2.23. The molecule has 0 unspecified atom stereocenters. The highest BCUT2D eigenvalue weighted by Gasteiger charge is 2.05. The fourth-order valence-electron chi connectivity index (χ4n) is 1.90. The van der Waals surface area contributed by atoms with E-state index in [2.05, 4.69) is 48.5 Å². The van der Waals surface area contributed by atoms with Gasteiger partial charge in [0.05, 0.1) is 0 Å². The average molecular weight is 202 g/mol. The zero-order valence-corrected chi connectivity index (χ0v) is 9.59. The van der Waals surface area contributed by atoms with Gasteiger partial charge < -0.3 is 10.3 Å². The molecule has 0 bridgehead atoms. The molecule has 2 rings (SSSR count). The normalized spacial score (nSPS) is 11.5. The first-order chi connectivity index (χ1) is 7.22. The van der Waals surface area contributed by atoms with Gasteiger partial charge in [-0.2, -0.15) is 0 Å². The summed E-state index contributed by atoms with van der Waals surface area (Å²) in [5, 5.41) is 4.51. The Morgan fingerprint density at radius 3 is 2.80 bits per heavy atom. The van der Waals surface area contributed by atoms with Gasteiger partial charge in [-0.15, -0.1) is 0 Å². The Balaban J connectivity index is 2.47. The summed E-state index contributed by atoms with van der Waals surface area (Å²) in [5.74, 6) is 0.588. The number of aromatic amines is 1. The molecule has 2 nitrogen and oxygen atoms in total. The van der Waals surface area contributed by atoms with E-state index in [1.807, 2.05) is 7.05 Å². The molecule has 15 heavy (non-hydrogen) atoms. The molecule has 2 aromatic rings. The number of nitrogens with one attached hydrogen (secondary N) is 2. The second-order valence-electron chi connectivity index (χ2n) is 4.30. The topological polar surface area (TPSA) is 27.8 Å². The molecule has 0 spiro atoms. The number of hydrogen-bond donors (Lipinski definition) is 2. The van der Waals surface area contributed by atoms with Crippen LogP contribution in [0.1, 0.15) is 30.9 Å². The Morgan fingerprint density at radius 2 is 2.13 bits per heavy atom. The number of hydrogen-bond acceptors (Lipinski definition) is 1. The third kappa shape index (κ3) is 1.90. The van der Waals surface area contributed by atoms with Crippen LogP contribution in [0.15, 0.2) is 24.4 Å². The first-order valence-corrected chi connectivity index (χ1v) is 5.47. The van der Waals surface area contributed by atoms with Gasteiger partial charge in [-0.05, 0) is 30.2 Å². The zero-order valence-electron chi connectivity index (χ0n) is 9.59. The van der Waals surface area contributed by atoms with Crippen molar-refractivity contribution in [3.63, 3.8) is 0 Å². The molecule has 0 aliphatic carbocycles. The number of fused-ring (bicyclic) bond motifs is 1. The quantitative estimate of drug-likeness (QED) is 0.786. The van der Waals surface area contributed by atoms with Crippen molar-refractivity contribution >= 4 is 10.9 Å².